The SMILES string of the molecule is CCOC(=O)/C(CC(=O)C(C)(C)C)=N/OCc1ccccc1. The third-order valence-electron chi connectivity index (χ3n) is 2.92. The van der Waals surface area contributed by atoms with Gasteiger partial charge < -0.3 is 9.57 Å². The lowest BCUT2D eigenvalue weighted by molar-refractivity contribution is -0.136. The second-order valence-corrected chi connectivity index (χ2v) is 5.87. The van der Waals surface area contributed by atoms with Crippen LogP contribution in [0.3, 0.4) is 0 Å². The van der Waals surface area contributed by atoms with Gasteiger partial charge in [0.15, 0.2) is 5.71 Å². The van der Waals surface area contributed by atoms with Gasteiger partial charge in [-0.05, 0) is 12.5 Å². The highest BCUT2D eigenvalue weighted by Gasteiger charge is 2.26. The second kappa shape index (κ2) is 8.32. The van der Waals surface area contributed by atoms with E-state index in [1.165, 1.54) is 0 Å². The first-order valence-electron chi connectivity index (χ1n) is 7.27. The number of hydrogen-bond acceptors (Lipinski definition) is 5. The van der Waals surface area contributed by atoms with Gasteiger partial charge in [0.05, 0.1) is 13.0 Å². The van der Waals surface area contributed by atoms with Gasteiger partial charge in [0.25, 0.3) is 0 Å². The molecule has 0 fully saturated rings. The predicted molar refractivity (Wildman–Crippen MR) is 84.4 cm³/mol. The van der Waals surface area contributed by atoms with Crippen LogP contribution in [0.2, 0.25) is 0 Å². The Morgan fingerprint density at radius 1 is 1.14 bits per heavy atom. The minimum Gasteiger partial charge on any atom is -0.461 e. The largest absolute Gasteiger partial charge is 0.461 e. The summed E-state index contributed by atoms with van der Waals surface area (Å²) >= 11 is 0. The number of rotatable bonds is 7. The summed E-state index contributed by atoms with van der Waals surface area (Å²) in [4.78, 5) is 29.1. The van der Waals surface area contributed by atoms with Crippen LogP contribution >= 0.6 is 0 Å². The smallest absolute Gasteiger partial charge is 0.356 e. The Kier molecular flexibility index (Phi) is 6.76. The summed E-state index contributed by atoms with van der Waals surface area (Å²) in [6.07, 6.45) is -0.100. The van der Waals surface area contributed by atoms with Crippen molar-refractivity contribution in [3.63, 3.8) is 0 Å². The molecule has 1 aromatic rings. The number of hydrogen-bond donors (Lipinski definition) is 0. The fourth-order valence-electron chi connectivity index (χ4n) is 1.53. The highest BCUT2D eigenvalue weighted by Crippen LogP contribution is 2.17. The zero-order valence-corrected chi connectivity index (χ0v) is 13.6. The fourth-order valence-corrected chi connectivity index (χ4v) is 1.53. The van der Waals surface area contributed by atoms with Crippen LogP contribution in [-0.2, 0) is 25.8 Å². The summed E-state index contributed by atoms with van der Waals surface area (Å²) in [7, 11) is 0. The molecule has 5 heteroatoms. The predicted octanol–water partition coefficient (Wildman–Crippen LogP) is 3.13. The molecule has 5 nitrogen and oxygen atoms in total. The molecule has 1 rings (SSSR count). The van der Waals surface area contributed by atoms with Crippen molar-refractivity contribution in [3.8, 4) is 0 Å². The van der Waals surface area contributed by atoms with Gasteiger partial charge in [-0.25, -0.2) is 4.79 Å². The van der Waals surface area contributed by atoms with Gasteiger partial charge in [0.2, 0.25) is 0 Å². The number of oxime groups is 1. The van der Waals surface area contributed by atoms with Crippen molar-refractivity contribution in [2.75, 3.05) is 6.61 Å². The van der Waals surface area contributed by atoms with Crippen LogP contribution in [0.5, 0.6) is 0 Å². The van der Waals surface area contributed by atoms with E-state index in [0.29, 0.717) is 0 Å². The molecule has 0 atom stereocenters. The summed E-state index contributed by atoms with van der Waals surface area (Å²) in [5.74, 6) is -0.712. The normalized spacial score (nSPS) is 11.9. The molecule has 0 spiro atoms. The highest BCUT2D eigenvalue weighted by molar-refractivity contribution is 6.39. The summed E-state index contributed by atoms with van der Waals surface area (Å²) in [6, 6.07) is 9.45. The van der Waals surface area contributed by atoms with Gasteiger partial charge in [-0.2, -0.15) is 0 Å². The number of nitrogens with zero attached hydrogens (tertiary/aromatic N) is 1. The van der Waals surface area contributed by atoms with Crippen LogP contribution in [0.15, 0.2) is 35.5 Å². The first kappa shape index (κ1) is 17.9. The Labute approximate surface area is 131 Å². The fraction of sp³-hybridized carbons (Fsp3) is 0.471. The summed E-state index contributed by atoms with van der Waals surface area (Å²) in [6.45, 7) is 7.54. The number of Topliss-reactive ketones (excluding diaryl/α,β-unsaturated/α-hetero) is 1. The molecular formula is C17H23NO4. The highest BCUT2D eigenvalue weighted by atomic mass is 16.6. The Bertz CT molecular complexity index is 529. The van der Waals surface area contributed by atoms with E-state index in [1.807, 2.05) is 30.3 Å². The molecule has 22 heavy (non-hydrogen) atoms. The second-order valence-electron chi connectivity index (χ2n) is 5.87. The van der Waals surface area contributed by atoms with E-state index in [-0.39, 0.29) is 31.1 Å². The molecule has 0 saturated carbocycles. The molecule has 0 aromatic heterocycles. The molecule has 0 heterocycles. The Balaban J connectivity index is 2.74. The third-order valence-corrected chi connectivity index (χ3v) is 2.92. The van der Waals surface area contributed by atoms with Crippen molar-refractivity contribution in [1.29, 1.82) is 0 Å². The number of esters is 1. The summed E-state index contributed by atoms with van der Waals surface area (Å²) < 4.78 is 4.92. The topological polar surface area (TPSA) is 65.0 Å². The lowest BCUT2D eigenvalue weighted by Crippen LogP contribution is -2.28. The van der Waals surface area contributed by atoms with Crippen LogP contribution < -0.4 is 0 Å². The van der Waals surface area contributed by atoms with Gasteiger partial charge in [-0.3, -0.25) is 4.79 Å². The van der Waals surface area contributed by atoms with E-state index in [4.69, 9.17) is 9.57 Å². The Morgan fingerprint density at radius 3 is 2.32 bits per heavy atom. The molecule has 0 N–H and O–H groups in total. The van der Waals surface area contributed by atoms with Crippen molar-refractivity contribution >= 4 is 17.5 Å². The lowest BCUT2D eigenvalue weighted by atomic mass is 9.88. The van der Waals surface area contributed by atoms with Crippen LogP contribution in [0, 0.1) is 5.41 Å². The maximum absolute atomic E-state index is 12.1. The van der Waals surface area contributed by atoms with E-state index >= 15 is 0 Å². The van der Waals surface area contributed by atoms with Crippen LogP contribution in [0.4, 0.5) is 0 Å². The van der Waals surface area contributed by atoms with Crippen molar-refractivity contribution in [3.05, 3.63) is 35.9 Å². The van der Waals surface area contributed by atoms with Crippen LogP contribution in [0.1, 0.15) is 39.7 Å². The van der Waals surface area contributed by atoms with E-state index < -0.39 is 11.4 Å². The maximum atomic E-state index is 12.1. The van der Waals surface area contributed by atoms with Gasteiger partial charge in [0.1, 0.15) is 12.4 Å². The van der Waals surface area contributed by atoms with Crippen molar-refractivity contribution in [1.82, 2.24) is 0 Å². The summed E-state index contributed by atoms with van der Waals surface area (Å²) in [5, 5.41) is 3.81. The molecule has 0 aliphatic rings. The molecule has 0 bridgehead atoms. The molecule has 120 valence electrons. The zero-order chi connectivity index (χ0) is 16.6. The number of carbonyl (C=O) groups is 2. The molecule has 0 unspecified atom stereocenters. The first-order chi connectivity index (χ1) is 10.3. The average molecular weight is 305 g/mol. The first-order valence-corrected chi connectivity index (χ1v) is 7.27. The number of ketones is 1. The molecule has 0 aliphatic heterocycles. The standard InChI is InChI=1S/C17H23NO4/c1-5-21-16(20)14(11-15(19)17(2,3)4)18-22-12-13-9-7-6-8-10-13/h6-10H,5,11-12H2,1-4H3/b18-14+. The van der Waals surface area contributed by atoms with E-state index in [0.717, 1.165) is 5.56 Å². The molecular weight excluding hydrogens is 282 g/mol. The Morgan fingerprint density at radius 2 is 1.77 bits per heavy atom. The van der Waals surface area contributed by atoms with Gasteiger partial charge in [-0.1, -0.05) is 56.3 Å². The van der Waals surface area contributed by atoms with Crippen molar-refractivity contribution in [2.45, 2.75) is 40.7 Å². The monoisotopic (exact) mass is 305 g/mol. The van der Waals surface area contributed by atoms with Crippen molar-refractivity contribution in [2.24, 2.45) is 10.6 Å². The molecule has 0 radical (unpaired) electrons. The molecule has 1 aromatic carbocycles. The third kappa shape index (κ3) is 6.08. The zero-order valence-electron chi connectivity index (χ0n) is 13.6. The minimum absolute atomic E-state index is 0.00212. The van der Waals surface area contributed by atoms with E-state index in [2.05, 4.69) is 5.16 Å². The number of benzene rings is 1. The van der Waals surface area contributed by atoms with Gasteiger partial charge >= 0.3 is 5.97 Å². The summed E-state index contributed by atoms with van der Waals surface area (Å²) in [5.41, 5.74) is 0.376. The quantitative estimate of drug-likeness (QED) is 0.441. The van der Waals surface area contributed by atoms with Gasteiger partial charge in [-0.15, -0.1) is 0 Å². The molecule has 0 amide bonds. The maximum Gasteiger partial charge on any atom is 0.356 e. The number of ether oxygens (including phenoxy) is 1. The Hall–Kier alpha value is -2.17. The average Bonchev–Trinajstić information content (AvgIpc) is 2.46. The minimum atomic E-state index is -0.617. The van der Waals surface area contributed by atoms with E-state index in [9.17, 15) is 9.59 Å². The lowest BCUT2D eigenvalue weighted by Gasteiger charge is -2.16. The number of carbonyl (C=O) groups excluding carboxylic acids is 2. The van der Waals surface area contributed by atoms with Crippen LogP contribution in [-0.4, -0.2) is 24.1 Å². The van der Waals surface area contributed by atoms with Crippen molar-refractivity contribution < 1.29 is 19.2 Å². The van der Waals surface area contributed by atoms with E-state index in [1.54, 1.807) is 27.7 Å². The molecule has 0 saturated heterocycles. The molecule has 0 aliphatic carbocycles. The van der Waals surface area contributed by atoms with Gasteiger partial charge in [0, 0.05) is 5.41 Å². The van der Waals surface area contributed by atoms with Crippen LogP contribution in [0.25, 0.3) is 0 Å².